The Morgan fingerprint density at radius 1 is 1.29 bits per heavy atom. The Morgan fingerprint density at radius 3 is 2.57 bits per heavy atom. The van der Waals surface area contributed by atoms with Crippen LogP contribution in [-0.4, -0.2) is 17.5 Å². The summed E-state index contributed by atoms with van der Waals surface area (Å²) in [4.78, 5) is 11.7. The Kier molecular flexibility index (Phi) is 4.58. The van der Waals surface area contributed by atoms with Crippen LogP contribution in [0.15, 0.2) is 24.3 Å². The van der Waals surface area contributed by atoms with Gasteiger partial charge in [0.2, 0.25) is 0 Å². The topological polar surface area (TPSA) is 46.1 Å². The maximum Gasteiger partial charge on any atom is 0.251 e. The van der Waals surface area contributed by atoms with Gasteiger partial charge in [-0.1, -0.05) is 11.6 Å². The third-order valence-corrected chi connectivity index (χ3v) is 4.13. The fourth-order valence-corrected chi connectivity index (χ4v) is 2.43. The predicted octanol–water partition coefficient (Wildman–Crippen LogP) is 3.27. The summed E-state index contributed by atoms with van der Waals surface area (Å²) in [5.74, 6) is -0.124. The van der Waals surface area contributed by atoms with E-state index in [1.165, 1.54) is 17.0 Å². The average molecular weight is 306 g/mol. The van der Waals surface area contributed by atoms with Gasteiger partial charge in [-0.3, -0.25) is 4.79 Å². The summed E-state index contributed by atoms with van der Waals surface area (Å²) >= 11 is 6.19. The van der Waals surface area contributed by atoms with Crippen molar-refractivity contribution in [3.8, 4) is 0 Å². The Labute approximate surface area is 130 Å². The minimum atomic E-state index is -0.124. The molecule has 2 N–H and O–H groups in total. The highest BCUT2D eigenvalue weighted by Crippen LogP contribution is 2.24. The van der Waals surface area contributed by atoms with E-state index in [-0.39, 0.29) is 5.91 Å². The van der Waals surface area contributed by atoms with Gasteiger partial charge in [0.15, 0.2) is 0 Å². The van der Waals surface area contributed by atoms with Crippen LogP contribution >= 0.6 is 11.6 Å². The van der Waals surface area contributed by atoms with Crippen LogP contribution in [0.2, 0.25) is 5.02 Å². The molecule has 4 nitrogen and oxygen atoms in total. The zero-order valence-corrected chi connectivity index (χ0v) is 13.5. The zero-order valence-electron chi connectivity index (χ0n) is 12.7. The van der Waals surface area contributed by atoms with Crippen molar-refractivity contribution in [3.05, 3.63) is 51.8 Å². The number of hydrogen-bond acceptors (Lipinski definition) is 2. The first-order valence-corrected chi connectivity index (χ1v) is 7.19. The fourth-order valence-electron chi connectivity index (χ4n) is 2.25. The van der Waals surface area contributed by atoms with E-state index in [2.05, 4.69) is 35.1 Å². The lowest BCUT2D eigenvalue weighted by Gasteiger charge is -2.10. The summed E-state index contributed by atoms with van der Waals surface area (Å²) in [6.45, 7) is 4.84. The van der Waals surface area contributed by atoms with Gasteiger partial charge in [0, 0.05) is 37.6 Å². The summed E-state index contributed by atoms with van der Waals surface area (Å²) in [6.07, 6.45) is 0. The van der Waals surface area contributed by atoms with Crippen LogP contribution in [-0.2, 0) is 13.6 Å². The van der Waals surface area contributed by atoms with Gasteiger partial charge in [0.25, 0.3) is 5.91 Å². The Hall–Kier alpha value is -1.94. The van der Waals surface area contributed by atoms with Gasteiger partial charge in [-0.2, -0.15) is 0 Å². The van der Waals surface area contributed by atoms with Gasteiger partial charge in [-0.25, -0.2) is 0 Å². The minimum absolute atomic E-state index is 0.124. The number of nitrogens with zero attached hydrogens (tertiary/aromatic N) is 1. The van der Waals surface area contributed by atoms with Crippen molar-refractivity contribution in [2.75, 3.05) is 12.4 Å². The van der Waals surface area contributed by atoms with Crippen LogP contribution in [0.1, 0.15) is 27.3 Å². The molecule has 0 bridgehead atoms. The maximum absolute atomic E-state index is 11.7. The number of hydrogen-bond donors (Lipinski definition) is 2. The Bertz CT molecular complexity index is 676. The summed E-state index contributed by atoms with van der Waals surface area (Å²) in [5, 5.41) is 6.52. The molecular formula is C16H20ClN3O. The number of halogens is 1. The molecule has 1 aromatic heterocycles. The van der Waals surface area contributed by atoms with E-state index >= 15 is 0 Å². The number of aryl methyl sites for hydroxylation is 1. The molecule has 0 unspecified atom stereocenters. The molecule has 21 heavy (non-hydrogen) atoms. The van der Waals surface area contributed by atoms with Crippen molar-refractivity contribution in [1.82, 2.24) is 9.88 Å². The molecule has 5 heteroatoms. The molecule has 0 saturated heterocycles. The summed E-state index contributed by atoms with van der Waals surface area (Å²) in [6, 6.07) is 7.37. The van der Waals surface area contributed by atoms with Gasteiger partial charge in [-0.05, 0) is 43.7 Å². The number of amides is 1. The van der Waals surface area contributed by atoms with Crippen molar-refractivity contribution in [2.24, 2.45) is 7.05 Å². The molecule has 0 spiro atoms. The van der Waals surface area contributed by atoms with Gasteiger partial charge >= 0.3 is 0 Å². The first-order valence-electron chi connectivity index (χ1n) is 6.81. The average Bonchev–Trinajstić information content (AvgIpc) is 2.73. The highest BCUT2D eigenvalue weighted by molar-refractivity contribution is 6.33. The molecule has 1 aromatic carbocycles. The number of aromatic nitrogens is 1. The van der Waals surface area contributed by atoms with Crippen molar-refractivity contribution < 1.29 is 4.79 Å². The predicted molar refractivity (Wildman–Crippen MR) is 87.1 cm³/mol. The van der Waals surface area contributed by atoms with Crippen LogP contribution in [0.25, 0.3) is 0 Å². The molecule has 0 aliphatic carbocycles. The molecule has 2 rings (SSSR count). The number of benzene rings is 1. The van der Waals surface area contributed by atoms with Gasteiger partial charge in [-0.15, -0.1) is 0 Å². The van der Waals surface area contributed by atoms with Crippen molar-refractivity contribution in [1.29, 1.82) is 0 Å². The molecule has 0 fully saturated rings. The van der Waals surface area contributed by atoms with E-state index < -0.39 is 0 Å². The highest BCUT2D eigenvalue weighted by Gasteiger charge is 2.09. The first kappa shape index (κ1) is 15.4. The third-order valence-electron chi connectivity index (χ3n) is 3.80. The van der Waals surface area contributed by atoms with Crippen LogP contribution in [0.3, 0.4) is 0 Å². The Balaban J connectivity index is 2.19. The molecule has 112 valence electrons. The molecule has 0 saturated carbocycles. The van der Waals surface area contributed by atoms with Crippen LogP contribution in [0, 0.1) is 13.8 Å². The lowest BCUT2D eigenvalue weighted by atomic mass is 10.1. The summed E-state index contributed by atoms with van der Waals surface area (Å²) in [7, 11) is 3.66. The molecule has 1 amide bonds. The van der Waals surface area contributed by atoms with E-state index in [0.717, 1.165) is 5.69 Å². The number of anilines is 1. The van der Waals surface area contributed by atoms with E-state index in [1.54, 1.807) is 25.2 Å². The second-order valence-electron chi connectivity index (χ2n) is 5.08. The van der Waals surface area contributed by atoms with E-state index in [4.69, 9.17) is 11.6 Å². The second-order valence-corrected chi connectivity index (χ2v) is 5.49. The summed E-state index contributed by atoms with van der Waals surface area (Å²) in [5.41, 5.74) is 5.01. The SMILES string of the molecule is CNC(=O)c1ccc(Cl)c(NCc2cc(C)n(C)c2C)c1. The van der Waals surface area contributed by atoms with Crippen molar-refractivity contribution >= 4 is 23.2 Å². The largest absolute Gasteiger partial charge is 0.380 e. The molecule has 0 atom stereocenters. The monoisotopic (exact) mass is 305 g/mol. The fraction of sp³-hybridized carbons (Fsp3) is 0.312. The van der Waals surface area contributed by atoms with E-state index in [0.29, 0.717) is 17.1 Å². The quantitative estimate of drug-likeness (QED) is 0.910. The highest BCUT2D eigenvalue weighted by atomic mass is 35.5. The van der Waals surface area contributed by atoms with Gasteiger partial charge < -0.3 is 15.2 Å². The first-order chi connectivity index (χ1) is 9.93. The van der Waals surface area contributed by atoms with Gasteiger partial charge in [0.1, 0.15) is 0 Å². The van der Waals surface area contributed by atoms with Crippen molar-refractivity contribution in [2.45, 2.75) is 20.4 Å². The zero-order chi connectivity index (χ0) is 15.6. The van der Waals surface area contributed by atoms with E-state index in [9.17, 15) is 4.79 Å². The van der Waals surface area contributed by atoms with Crippen LogP contribution in [0.4, 0.5) is 5.69 Å². The molecule has 0 aliphatic rings. The number of nitrogens with one attached hydrogen (secondary N) is 2. The molecule has 1 heterocycles. The smallest absolute Gasteiger partial charge is 0.251 e. The molecular weight excluding hydrogens is 286 g/mol. The standard InChI is InChI=1S/C16H20ClN3O/c1-10-7-13(11(2)20(10)4)9-19-15-8-12(16(21)18-3)5-6-14(15)17/h5-8,19H,9H2,1-4H3,(H,18,21). The number of carbonyl (C=O) groups is 1. The maximum atomic E-state index is 11.7. The molecule has 0 aliphatic heterocycles. The Morgan fingerprint density at radius 2 is 2.00 bits per heavy atom. The minimum Gasteiger partial charge on any atom is -0.380 e. The normalized spacial score (nSPS) is 10.5. The van der Waals surface area contributed by atoms with Gasteiger partial charge in [0.05, 0.1) is 10.7 Å². The van der Waals surface area contributed by atoms with Crippen LogP contribution < -0.4 is 10.6 Å². The second kappa shape index (κ2) is 6.22. The molecule has 2 aromatic rings. The number of carbonyl (C=O) groups excluding carboxylic acids is 1. The van der Waals surface area contributed by atoms with Crippen LogP contribution in [0.5, 0.6) is 0 Å². The lowest BCUT2D eigenvalue weighted by molar-refractivity contribution is 0.0963. The third kappa shape index (κ3) is 3.22. The van der Waals surface area contributed by atoms with Crippen molar-refractivity contribution in [3.63, 3.8) is 0 Å². The van der Waals surface area contributed by atoms with E-state index in [1.807, 2.05) is 7.05 Å². The number of rotatable bonds is 4. The summed E-state index contributed by atoms with van der Waals surface area (Å²) < 4.78 is 2.15. The lowest BCUT2D eigenvalue weighted by Crippen LogP contribution is -2.17. The molecule has 0 radical (unpaired) electrons.